The predicted octanol–water partition coefficient (Wildman–Crippen LogP) is -1.01. The molecule has 0 fully saturated rings. The van der Waals surface area contributed by atoms with Crippen molar-refractivity contribution < 1.29 is 39.4 Å². The molecule has 0 unspecified atom stereocenters. The molecule has 0 atom stereocenters. The van der Waals surface area contributed by atoms with E-state index in [2.05, 4.69) is 9.71 Å². The number of nitrogens with zero attached hydrogens (tertiary/aromatic N) is 1. The second-order valence-electron chi connectivity index (χ2n) is 2.92. The molecule has 0 saturated heterocycles. The molecule has 1 aliphatic heterocycles. The molecule has 1 aromatic carbocycles. The molecule has 2 rings (SSSR count). The third-order valence-electron chi connectivity index (χ3n) is 1.79. The number of benzene rings is 1. The minimum absolute atomic E-state index is 0. The van der Waals surface area contributed by atoms with Gasteiger partial charge in [-0.1, -0.05) is 11.6 Å². The Labute approximate surface area is 117 Å². The van der Waals surface area contributed by atoms with E-state index in [1.165, 1.54) is 6.07 Å². The topological polar surface area (TPSA) is 58.5 Å². The SMILES string of the molecule is CC1=NS(=O)(=O)c2cc(Cl)ccc2N1.[H-].[Na+]. The van der Waals surface area contributed by atoms with Gasteiger partial charge in [0, 0.05) is 5.02 Å². The van der Waals surface area contributed by atoms with Crippen molar-refractivity contribution in [2.45, 2.75) is 11.8 Å². The second-order valence-corrected chi connectivity index (χ2v) is 4.93. The zero-order valence-corrected chi connectivity index (χ0v) is 11.9. The number of hydrogen-bond donors (Lipinski definition) is 1. The average Bonchev–Trinajstić information content (AvgIpc) is 2.05. The fourth-order valence-corrected chi connectivity index (χ4v) is 2.67. The van der Waals surface area contributed by atoms with E-state index in [1.54, 1.807) is 19.1 Å². The normalized spacial score (nSPS) is 16.8. The Morgan fingerprint density at radius 1 is 1.47 bits per heavy atom. The summed E-state index contributed by atoms with van der Waals surface area (Å²) in [6.07, 6.45) is 0. The largest absolute Gasteiger partial charge is 1.00 e. The Morgan fingerprint density at radius 3 is 2.80 bits per heavy atom. The van der Waals surface area contributed by atoms with Crippen molar-refractivity contribution in [3.63, 3.8) is 0 Å². The maximum Gasteiger partial charge on any atom is 1.00 e. The number of fused-ring (bicyclic) bond motifs is 1. The zero-order valence-electron chi connectivity index (χ0n) is 9.28. The van der Waals surface area contributed by atoms with Crippen LogP contribution in [0.3, 0.4) is 0 Å². The molecule has 7 heteroatoms. The van der Waals surface area contributed by atoms with Crippen molar-refractivity contribution in [1.29, 1.82) is 0 Å². The van der Waals surface area contributed by atoms with Gasteiger partial charge in [-0.3, -0.25) is 0 Å². The summed E-state index contributed by atoms with van der Waals surface area (Å²) in [5.41, 5.74) is 0.516. The molecular formula is C8H8ClN2NaO2S. The summed E-state index contributed by atoms with van der Waals surface area (Å²) in [6.45, 7) is 1.59. The Kier molecular flexibility index (Phi) is 3.84. The van der Waals surface area contributed by atoms with Crippen LogP contribution in [-0.2, 0) is 10.0 Å². The number of nitrogens with one attached hydrogen (secondary N) is 1. The van der Waals surface area contributed by atoms with Crippen LogP contribution in [0.15, 0.2) is 27.5 Å². The molecule has 1 aromatic rings. The van der Waals surface area contributed by atoms with Crippen LogP contribution in [0.4, 0.5) is 5.69 Å². The van der Waals surface area contributed by atoms with Crippen LogP contribution in [-0.4, -0.2) is 14.3 Å². The van der Waals surface area contributed by atoms with E-state index in [4.69, 9.17) is 11.6 Å². The molecule has 1 N–H and O–H groups in total. The summed E-state index contributed by atoms with van der Waals surface area (Å²) < 4.78 is 26.6. The van der Waals surface area contributed by atoms with E-state index < -0.39 is 10.0 Å². The van der Waals surface area contributed by atoms with Crippen molar-refractivity contribution in [1.82, 2.24) is 0 Å². The molecule has 0 spiro atoms. The van der Waals surface area contributed by atoms with Crippen molar-refractivity contribution in [2.75, 3.05) is 5.32 Å². The van der Waals surface area contributed by atoms with Gasteiger partial charge < -0.3 is 6.74 Å². The summed E-state index contributed by atoms with van der Waals surface area (Å²) in [6, 6.07) is 4.63. The van der Waals surface area contributed by atoms with Crippen LogP contribution in [0.2, 0.25) is 5.02 Å². The number of hydrogen-bond acceptors (Lipinski definition) is 3. The van der Waals surface area contributed by atoms with Gasteiger partial charge in [0.1, 0.15) is 10.7 Å². The molecule has 0 saturated carbocycles. The predicted molar refractivity (Wildman–Crippen MR) is 56.5 cm³/mol. The number of halogens is 1. The fourth-order valence-electron chi connectivity index (χ4n) is 1.26. The standard InChI is InChI=1S/C8H7ClN2O2S.Na.H/c1-5-10-7-3-2-6(9)4-8(7)14(12,13)11-5;;/h2-4H,1H3,(H,10,11);;/q;+1;-1. The van der Waals surface area contributed by atoms with Crippen LogP contribution in [0, 0.1) is 0 Å². The Hall–Kier alpha value is -0.0700. The van der Waals surface area contributed by atoms with Gasteiger partial charge >= 0.3 is 29.6 Å². The number of rotatable bonds is 0. The van der Waals surface area contributed by atoms with Gasteiger partial charge in [-0.05, 0) is 25.1 Å². The summed E-state index contributed by atoms with van der Waals surface area (Å²) in [7, 11) is -3.57. The molecular weight excluding hydrogens is 247 g/mol. The van der Waals surface area contributed by atoms with Crippen molar-refractivity contribution in [3.8, 4) is 0 Å². The molecule has 0 radical (unpaired) electrons. The van der Waals surface area contributed by atoms with Gasteiger partial charge in [0.15, 0.2) is 0 Å². The fraction of sp³-hybridized carbons (Fsp3) is 0.125. The number of amidine groups is 1. The molecule has 0 amide bonds. The Morgan fingerprint density at radius 2 is 2.13 bits per heavy atom. The van der Waals surface area contributed by atoms with Gasteiger partial charge in [-0.15, -0.1) is 4.40 Å². The van der Waals surface area contributed by atoms with E-state index in [0.717, 1.165) is 0 Å². The van der Waals surface area contributed by atoms with Crippen LogP contribution in [0.5, 0.6) is 0 Å². The van der Waals surface area contributed by atoms with Crippen molar-refractivity contribution in [2.24, 2.45) is 4.40 Å². The van der Waals surface area contributed by atoms with E-state index in [9.17, 15) is 8.42 Å². The molecule has 0 aliphatic carbocycles. The van der Waals surface area contributed by atoms with Gasteiger partial charge in [0.2, 0.25) is 0 Å². The zero-order chi connectivity index (χ0) is 10.3. The maximum atomic E-state index is 11.5. The molecule has 0 bridgehead atoms. The number of anilines is 1. The van der Waals surface area contributed by atoms with Gasteiger partial charge in [0.25, 0.3) is 10.0 Å². The average molecular weight is 255 g/mol. The first-order valence-corrected chi connectivity index (χ1v) is 5.69. The first-order chi connectivity index (χ1) is 6.49. The van der Waals surface area contributed by atoms with Crippen molar-refractivity contribution >= 4 is 33.1 Å². The monoisotopic (exact) mass is 254 g/mol. The minimum atomic E-state index is -3.57. The van der Waals surface area contributed by atoms with Gasteiger partial charge in [-0.25, -0.2) is 0 Å². The molecule has 4 nitrogen and oxygen atoms in total. The molecule has 1 aliphatic rings. The number of sulfonamides is 1. The van der Waals surface area contributed by atoms with Crippen LogP contribution in [0.25, 0.3) is 0 Å². The molecule has 1 heterocycles. The van der Waals surface area contributed by atoms with Crippen LogP contribution >= 0.6 is 11.6 Å². The van der Waals surface area contributed by atoms with E-state index in [0.29, 0.717) is 16.5 Å². The second kappa shape index (κ2) is 4.43. The first kappa shape index (κ1) is 13.0. The quantitative estimate of drug-likeness (QED) is 0.604. The van der Waals surface area contributed by atoms with Crippen LogP contribution in [0.1, 0.15) is 8.35 Å². The maximum absolute atomic E-state index is 11.5. The summed E-state index contributed by atoms with van der Waals surface area (Å²) in [5, 5.41) is 3.23. The van der Waals surface area contributed by atoms with Gasteiger partial charge in [0.05, 0.1) is 5.69 Å². The van der Waals surface area contributed by atoms with Crippen LogP contribution < -0.4 is 34.9 Å². The van der Waals surface area contributed by atoms with Gasteiger partial charge in [-0.2, -0.15) is 8.42 Å². The third-order valence-corrected chi connectivity index (χ3v) is 3.44. The van der Waals surface area contributed by atoms with Crippen molar-refractivity contribution in [3.05, 3.63) is 23.2 Å². The summed E-state index contributed by atoms with van der Waals surface area (Å²) >= 11 is 5.70. The summed E-state index contributed by atoms with van der Waals surface area (Å²) in [5.74, 6) is 0.361. The molecule has 15 heavy (non-hydrogen) atoms. The smallest absolute Gasteiger partial charge is 1.00 e. The molecule has 0 aromatic heterocycles. The third kappa shape index (κ3) is 2.54. The Bertz CT molecular complexity index is 533. The van der Waals surface area contributed by atoms with E-state index >= 15 is 0 Å². The first-order valence-electron chi connectivity index (χ1n) is 3.87. The molecule has 76 valence electrons. The minimum Gasteiger partial charge on any atom is -1.00 e. The van der Waals surface area contributed by atoms with E-state index in [-0.39, 0.29) is 35.9 Å². The summed E-state index contributed by atoms with van der Waals surface area (Å²) in [4.78, 5) is 0.121. The van der Waals surface area contributed by atoms with E-state index in [1.807, 2.05) is 0 Å². The Balaban J connectivity index is 0.00000112.